The number of aryl methyl sites for hydroxylation is 1. The molecule has 1 aliphatic rings. The third-order valence-corrected chi connectivity index (χ3v) is 7.13. The molecule has 5 rings (SSSR count). The Morgan fingerprint density at radius 3 is 2.33 bits per heavy atom. The highest BCUT2D eigenvalue weighted by molar-refractivity contribution is 5.90. The monoisotopic (exact) mass is 482 g/mol. The fraction of sp³-hybridized carbons (Fsp3) is 0.310. The Balaban J connectivity index is 1.24. The number of benzene rings is 2. The van der Waals surface area contributed by atoms with Crippen LogP contribution in [0.3, 0.4) is 0 Å². The maximum Gasteiger partial charge on any atom is 0.303 e. The lowest BCUT2D eigenvalue weighted by Crippen LogP contribution is -2.24. The zero-order chi connectivity index (χ0) is 25.1. The van der Waals surface area contributed by atoms with E-state index in [0.29, 0.717) is 24.0 Å². The Kier molecular flexibility index (Phi) is 6.80. The Morgan fingerprint density at radius 1 is 0.944 bits per heavy atom. The fourth-order valence-electron chi connectivity index (χ4n) is 5.01. The Morgan fingerprint density at radius 2 is 1.64 bits per heavy atom. The molecule has 0 radical (unpaired) electrons. The van der Waals surface area contributed by atoms with Crippen molar-refractivity contribution in [2.24, 2.45) is 5.92 Å². The number of hydrogen-bond donors (Lipinski definition) is 2. The maximum atomic E-state index is 12.6. The summed E-state index contributed by atoms with van der Waals surface area (Å²) in [6.45, 7) is 2.45. The van der Waals surface area contributed by atoms with Gasteiger partial charge in [-0.25, -0.2) is 9.50 Å². The lowest BCUT2D eigenvalue weighted by Gasteiger charge is -2.28. The van der Waals surface area contributed by atoms with Gasteiger partial charge in [-0.2, -0.15) is 0 Å². The summed E-state index contributed by atoms with van der Waals surface area (Å²) in [6, 6.07) is 20.5. The predicted octanol–water partition coefficient (Wildman–Crippen LogP) is 5.38. The van der Waals surface area contributed by atoms with Crippen LogP contribution in [0.25, 0.3) is 16.8 Å². The van der Waals surface area contributed by atoms with Crippen LogP contribution in [0.1, 0.15) is 65.3 Å². The van der Waals surface area contributed by atoms with Crippen LogP contribution in [0.15, 0.2) is 66.9 Å². The first kappa shape index (κ1) is 23.7. The number of carboxylic acids is 1. The summed E-state index contributed by atoms with van der Waals surface area (Å²) in [5, 5.41) is 16.3. The molecule has 1 aliphatic carbocycles. The summed E-state index contributed by atoms with van der Waals surface area (Å²) in [5.74, 6) is -0.0524. The number of carbonyl (C=O) groups is 2. The molecular formula is C29H30N4O3. The van der Waals surface area contributed by atoms with E-state index in [-0.39, 0.29) is 18.2 Å². The quantitative estimate of drug-likeness (QED) is 0.368. The van der Waals surface area contributed by atoms with Crippen molar-refractivity contribution in [3.8, 4) is 11.1 Å². The minimum Gasteiger partial charge on any atom is -0.481 e. The van der Waals surface area contributed by atoms with E-state index >= 15 is 0 Å². The SMILES string of the molecule is Cc1ccc(CNC(=O)c2nc3ccc(-c4ccc([C@H]5CC[C@H](CC(=O)O)CC5)cc4)cn3n2)cc1. The summed E-state index contributed by atoms with van der Waals surface area (Å²) in [6.07, 6.45) is 6.21. The maximum absolute atomic E-state index is 12.6. The zero-order valence-electron chi connectivity index (χ0n) is 20.4. The van der Waals surface area contributed by atoms with E-state index in [4.69, 9.17) is 5.11 Å². The first-order valence-corrected chi connectivity index (χ1v) is 12.5. The van der Waals surface area contributed by atoms with E-state index < -0.39 is 5.97 Å². The number of aromatic nitrogens is 3. The highest BCUT2D eigenvalue weighted by atomic mass is 16.4. The van der Waals surface area contributed by atoms with Gasteiger partial charge in [-0.3, -0.25) is 9.59 Å². The number of rotatable bonds is 7. The molecule has 2 heterocycles. The van der Waals surface area contributed by atoms with Crippen LogP contribution in [0.2, 0.25) is 0 Å². The molecule has 1 amide bonds. The summed E-state index contributed by atoms with van der Waals surface area (Å²) >= 11 is 0. The van der Waals surface area contributed by atoms with Crippen molar-refractivity contribution in [2.45, 2.75) is 51.5 Å². The van der Waals surface area contributed by atoms with Gasteiger partial charge in [0.2, 0.25) is 5.82 Å². The topological polar surface area (TPSA) is 96.6 Å². The average Bonchev–Trinajstić information content (AvgIpc) is 3.32. The predicted molar refractivity (Wildman–Crippen MR) is 138 cm³/mol. The van der Waals surface area contributed by atoms with E-state index in [1.165, 1.54) is 11.1 Å². The number of carboxylic acid groups (broad SMARTS) is 1. The Labute approximate surface area is 210 Å². The molecule has 0 unspecified atom stereocenters. The molecule has 4 aromatic rings. The van der Waals surface area contributed by atoms with Gasteiger partial charge >= 0.3 is 5.97 Å². The molecule has 1 fully saturated rings. The van der Waals surface area contributed by atoms with Crippen LogP contribution in [0, 0.1) is 12.8 Å². The molecule has 36 heavy (non-hydrogen) atoms. The van der Waals surface area contributed by atoms with Crippen molar-refractivity contribution in [3.63, 3.8) is 0 Å². The Hall–Kier alpha value is -4.00. The summed E-state index contributed by atoms with van der Waals surface area (Å²) in [7, 11) is 0. The first-order valence-electron chi connectivity index (χ1n) is 12.5. The van der Waals surface area contributed by atoms with E-state index in [2.05, 4.69) is 39.7 Å². The first-order chi connectivity index (χ1) is 17.4. The summed E-state index contributed by atoms with van der Waals surface area (Å²) < 4.78 is 1.65. The molecule has 0 aliphatic heterocycles. The smallest absolute Gasteiger partial charge is 0.303 e. The number of amides is 1. The van der Waals surface area contributed by atoms with Crippen molar-refractivity contribution < 1.29 is 14.7 Å². The van der Waals surface area contributed by atoms with Crippen molar-refractivity contribution in [2.75, 3.05) is 0 Å². The largest absolute Gasteiger partial charge is 0.481 e. The molecule has 0 bridgehead atoms. The molecule has 0 spiro atoms. The fourth-order valence-corrected chi connectivity index (χ4v) is 5.01. The molecule has 184 valence electrons. The van der Waals surface area contributed by atoms with Crippen LogP contribution in [0.5, 0.6) is 0 Å². The lowest BCUT2D eigenvalue weighted by atomic mass is 9.77. The van der Waals surface area contributed by atoms with Crippen molar-refractivity contribution in [3.05, 3.63) is 89.4 Å². The molecule has 2 N–H and O–H groups in total. The number of aliphatic carboxylic acids is 1. The number of carbonyl (C=O) groups excluding carboxylic acids is 1. The summed E-state index contributed by atoms with van der Waals surface area (Å²) in [4.78, 5) is 27.9. The van der Waals surface area contributed by atoms with Crippen LogP contribution < -0.4 is 5.32 Å². The van der Waals surface area contributed by atoms with Gasteiger partial charge in [0.25, 0.3) is 5.91 Å². The molecule has 0 atom stereocenters. The minimum absolute atomic E-state index is 0.146. The van der Waals surface area contributed by atoms with Gasteiger partial charge in [-0.05, 0) is 73.3 Å². The summed E-state index contributed by atoms with van der Waals surface area (Å²) in [5.41, 5.74) is 6.20. The van der Waals surface area contributed by atoms with Gasteiger partial charge in [0.1, 0.15) is 0 Å². The minimum atomic E-state index is -0.692. The molecule has 7 heteroatoms. The van der Waals surface area contributed by atoms with Gasteiger partial charge in [-0.15, -0.1) is 5.10 Å². The van der Waals surface area contributed by atoms with E-state index in [9.17, 15) is 9.59 Å². The van der Waals surface area contributed by atoms with Crippen molar-refractivity contribution in [1.29, 1.82) is 0 Å². The third-order valence-electron chi connectivity index (χ3n) is 7.13. The number of fused-ring (bicyclic) bond motifs is 1. The normalized spacial score (nSPS) is 17.7. The van der Waals surface area contributed by atoms with E-state index in [0.717, 1.165) is 42.4 Å². The standard InChI is InChI=1S/C29H30N4O3/c1-19-2-4-21(5-3-19)17-30-29(36)28-31-26-15-14-25(18-33(26)32-28)24-12-10-23(11-13-24)22-8-6-20(7-9-22)16-27(34)35/h2-5,10-15,18,20,22H,6-9,16-17H2,1H3,(H,30,36)(H,34,35)/t20-,22-. The van der Waals surface area contributed by atoms with Crippen molar-refractivity contribution >= 4 is 17.5 Å². The number of nitrogens with zero attached hydrogens (tertiary/aromatic N) is 3. The second kappa shape index (κ2) is 10.3. The lowest BCUT2D eigenvalue weighted by molar-refractivity contribution is -0.138. The van der Waals surface area contributed by atoms with Gasteiger partial charge in [0.15, 0.2) is 5.65 Å². The van der Waals surface area contributed by atoms with Gasteiger partial charge in [0, 0.05) is 24.7 Å². The highest BCUT2D eigenvalue weighted by Crippen LogP contribution is 2.37. The molecular weight excluding hydrogens is 452 g/mol. The van der Waals surface area contributed by atoms with Crippen LogP contribution in [-0.2, 0) is 11.3 Å². The molecule has 2 aromatic heterocycles. The number of hydrogen-bond acceptors (Lipinski definition) is 4. The average molecular weight is 483 g/mol. The van der Waals surface area contributed by atoms with Gasteiger partial charge in [-0.1, -0.05) is 54.1 Å². The van der Waals surface area contributed by atoms with Crippen molar-refractivity contribution in [1.82, 2.24) is 19.9 Å². The number of pyridine rings is 1. The zero-order valence-corrected chi connectivity index (χ0v) is 20.4. The molecule has 2 aromatic carbocycles. The highest BCUT2D eigenvalue weighted by Gasteiger charge is 2.24. The molecule has 1 saturated carbocycles. The van der Waals surface area contributed by atoms with Crippen LogP contribution in [-0.4, -0.2) is 31.6 Å². The Bertz CT molecular complexity index is 1370. The molecule has 0 saturated heterocycles. The van der Waals surface area contributed by atoms with E-state index in [1.54, 1.807) is 4.52 Å². The third kappa shape index (κ3) is 5.46. The van der Waals surface area contributed by atoms with Crippen LogP contribution in [0.4, 0.5) is 0 Å². The molecule has 7 nitrogen and oxygen atoms in total. The van der Waals surface area contributed by atoms with Gasteiger partial charge in [0.05, 0.1) is 0 Å². The second-order valence-electron chi connectivity index (χ2n) is 9.76. The van der Waals surface area contributed by atoms with Gasteiger partial charge < -0.3 is 10.4 Å². The second-order valence-corrected chi connectivity index (χ2v) is 9.76. The van der Waals surface area contributed by atoms with E-state index in [1.807, 2.05) is 49.5 Å². The number of nitrogens with one attached hydrogen (secondary N) is 1. The van der Waals surface area contributed by atoms with Crippen LogP contribution >= 0.6 is 0 Å².